The molecule has 0 atom stereocenters. The van der Waals surface area contributed by atoms with Gasteiger partial charge in [0, 0.05) is 6.42 Å². The largest absolute Gasteiger partial charge is 0.0613 e. The molecule has 0 nitrogen and oxygen atoms in total. The van der Waals surface area contributed by atoms with Crippen molar-refractivity contribution in [1.29, 1.82) is 0 Å². The Kier molecular flexibility index (Phi) is 1.80. The number of fused-ring (bicyclic) bond motifs is 1. The van der Waals surface area contributed by atoms with Crippen LogP contribution in [0.4, 0.5) is 0 Å². The van der Waals surface area contributed by atoms with Crippen LogP contribution in [0.5, 0.6) is 0 Å². The first-order chi connectivity index (χ1) is 6.09. The molecule has 0 heteroatoms. The number of hydrogen-bond donors (Lipinski definition) is 0. The van der Waals surface area contributed by atoms with Crippen LogP contribution >= 0.6 is 0 Å². The summed E-state index contributed by atoms with van der Waals surface area (Å²) >= 11 is 0. The van der Waals surface area contributed by atoms with E-state index in [1.807, 2.05) is 0 Å². The third-order valence-corrected chi connectivity index (χ3v) is 2.85. The fraction of sp³-hybridized carbons (Fsp3) is 0.308. The highest BCUT2D eigenvalue weighted by atomic mass is 14.2. The van der Waals surface area contributed by atoms with Crippen LogP contribution in [-0.4, -0.2) is 0 Å². The Morgan fingerprint density at radius 3 is 2.31 bits per heavy atom. The van der Waals surface area contributed by atoms with Crippen molar-refractivity contribution in [3.05, 3.63) is 46.4 Å². The Labute approximate surface area is 80.3 Å². The summed E-state index contributed by atoms with van der Waals surface area (Å²) in [5.74, 6) is 0. The number of aryl methyl sites for hydroxylation is 2. The third kappa shape index (κ3) is 1.21. The Morgan fingerprint density at radius 2 is 1.62 bits per heavy atom. The molecule has 1 aromatic carbocycles. The van der Waals surface area contributed by atoms with E-state index < -0.39 is 0 Å². The second kappa shape index (κ2) is 2.73. The monoisotopic (exact) mass is 171 g/mol. The molecule has 0 amide bonds. The van der Waals surface area contributed by atoms with Gasteiger partial charge in [0.15, 0.2) is 0 Å². The van der Waals surface area contributed by atoms with E-state index in [1.54, 1.807) is 0 Å². The van der Waals surface area contributed by atoms with Crippen molar-refractivity contribution in [3.63, 3.8) is 0 Å². The van der Waals surface area contributed by atoms with E-state index >= 15 is 0 Å². The molecule has 2 rings (SSSR count). The Hall–Kier alpha value is -1.04. The summed E-state index contributed by atoms with van der Waals surface area (Å²) in [6.45, 7) is 8.75. The summed E-state index contributed by atoms with van der Waals surface area (Å²) in [4.78, 5) is 0. The second-order valence-electron chi connectivity index (χ2n) is 4.00. The molecule has 1 aromatic rings. The van der Waals surface area contributed by atoms with Gasteiger partial charge in [-0.3, -0.25) is 0 Å². The molecule has 0 bridgehead atoms. The van der Waals surface area contributed by atoms with Crippen LogP contribution < -0.4 is 0 Å². The molecular formula is C13H15. The van der Waals surface area contributed by atoms with Crippen molar-refractivity contribution in [2.24, 2.45) is 0 Å². The van der Waals surface area contributed by atoms with E-state index in [4.69, 9.17) is 0 Å². The molecule has 0 aromatic heterocycles. The molecule has 1 aliphatic rings. The van der Waals surface area contributed by atoms with Crippen LogP contribution in [0.1, 0.15) is 36.1 Å². The lowest BCUT2D eigenvalue weighted by Gasteiger charge is -2.07. The van der Waals surface area contributed by atoms with E-state index in [0.717, 1.165) is 0 Å². The lowest BCUT2D eigenvalue weighted by molar-refractivity contribution is 1.33. The SMILES string of the molecule is CC1=C(C)c2c(C)cc(C)cc2[CH]1. The predicted molar refractivity (Wildman–Crippen MR) is 57.6 cm³/mol. The minimum atomic E-state index is 1.36. The summed E-state index contributed by atoms with van der Waals surface area (Å²) < 4.78 is 0. The molecule has 0 saturated heterocycles. The van der Waals surface area contributed by atoms with Gasteiger partial charge in [-0.15, -0.1) is 0 Å². The van der Waals surface area contributed by atoms with Crippen molar-refractivity contribution >= 4 is 5.57 Å². The van der Waals surface area contributed by atoms with Gasteiger partial charge in [0.2, 0.25) is 0 Å². The van der Waals surface area contributed by atoms with Gasteiger partial charge in [-0.1, -0.05) is 23.3 Å². The van der Waals surface area contributed by atoms with Gasteiger partial charge in [0.05, 0.1) is 0 Å². The first-order valence-electron chi connectivity index (χ1n) is 4.73. The summed E-state index contributed by atoms with van der Waals surface area (Å²) in [7, 11) is 0. The highest BCUT2D eigenvalue weighted by Crippen LogP contribution is 2.36. The fourth-order valence-corrected chi connectivity index (χ4v) is 2.17. The quantitative estimate of drug-likeness (QED) is 0.558. The van der Waals surface area contributed by atoms with Gasteiger partial charge in [-0.05, 0) is 50.0 Å². The molecule has 0 unspecified atom stereocenters. The zero-order chi connectivity index (χ0) is 9.59. The summed E-state index contributed by atoms with van der Waals surface area (Å²) in [6.07, 6.45) is 2.28. The molecule has 0 aliphatic heterocycles. The van der Waals surface area contributed by atoms with Crippen molar-refractivity contribution in [1.82, 2.24) is 0 Å². The van der Waals surface area contributed by atoms with Crippen molar-refractivity contribution < 1.29 is 0 Å². The fourth-order valence-electron chi connectivity index (χ4n) is 2.17. The molecule has 67 valence electrons. The highest BCUT2D eigenvalue weighted by Gasteiger charge is 2.17. The van der Waals surface area contributed by atoms with E-state index in [-0.39, 0.29) is 0 Å². The Bertz CT molecular complexity index is 395. The maximum Gasteiger partial charge on any atom is 0.0164 e. The van der Waals surface area contributed by atoms with Crippen LogP contribution in [0.25, 0.3) is 5.57 Å². The van der Waals surface area contributed by atoms with E-state index in [9.17, 15) is 0 Å². The molecule has 0 heterocycles. The summed E-state index contributed by atoms with van der Waals surface area (Å²) in [6, 6.07) is 4.52. The third-order valence-electron chi connectivity index (χ3n) is 2.85. The molecular weight excluding hydrogens is 156 g/mol. The van der Waals surface area contributed by atoms with Gasteiger partial charge in [0.25, 0.3) is 0 Å². The predicted octanol–water partition coefficient (Wildman–Crippen LogP) is 3.66. The number of allylic oxidation sites excluding steroid dienone is 2. The molecule has 0 fully saturated rings. The van der Waals surface area contributed by atoms with E-state index in [2.05, 4.69) is 46.2 Å². The van der Waals surface area contributed by atoms with Gasteiger partial charge in [-0.2, -0.15) is 0 Å². The average Bonchev–Trinajstić information content (AvgIpc) is 2.27. The zero-order valence-electron chi connectivity index (χ0n) is 8.73. The van der Waals surface area contributed by atoms with Gasteiger partial charge < -0.3 is 0 Å². The van der Waals surface area contributed by atoms with Crippen LogP contribution in [-0.2, 0) is 0 Å². The Balaban J connectivity index is 2.67. The lowest BCUT2D eigenvalue weighted by atomic mass is 9.98. The minimum absolute atomic E-state index is 1.36. The molecule has 0 spiro atoms. The van der Waals surface area contributed by atoms with Crippen LogP contribution in [0.15, 0.2) is 17.7 Å². The first kappa shape index (κ1) is 8.55. The number of benzene rings is 1. The van der Waals surface area contributed by atoms with Crippen molar-refractivity contribution in [2.45, 2.75) is 27.7 Å². The number of hydrogen-bond acceptors (Lipinski definition) is 0. The summed E-state index contributed by atoms with van der Waals surface area (Å²) in [5, 5.41) is 0. The molecule has 13 heavy (non-hydrogen) atoms. The van der Waals surface area contributed by atoms with Gasteiger partial charge >= 0.3 is 0 Å². The highest BCUT2D eigenvalue weighted by molar-refractivity contribution is 5.80. The molecule has 1 radical (unpaired) electrons. The Morgan fingerprint density at radius 1 is 0.923 bits per heavy atom. The minimum Gasteiger partial charge on any atom is -0.0613 e. The van der Waals surface area contributed by atoms with Crippen molar-refractivity contribution in [3.8, 4) is 0 Å². The lowest BCUT2D eigenvalue weighted by Crippen LogP contribution is -1.88. The van der Waals surface area contributed by atoms with Crippen LogP contribution in [0.2, 0.25) is 0 Å². The second-order valence-corrected chi connectivity index (χ2v) is 4.00. The van der Waals surface area contributed by atoms with E-state index in [0.29, 0.717) is 0 Å². The normalized spacial score (nSPS) is 15.1. The van der Waals surface area contributed by atoms with Gasteiger partial charge in [0.1, 0.15) is 0 Å². The molecule has 0 saturated carbocycles. The topological polar surface area (TPSA) is 0 Å². The van der Waals surface area contributed by atoms with E-state index in [1.165, 1.54) is 33.4 Å². The van der Waals surface area contributed by atoms with Crippen molar-refractivity contribution in [2.75, 3.05) is 0 Å². The maximum atomic E-state index is 2.28. The smallest absolute Gasteiger partial charge is 0.0164 e. The first-order valence-corrected chi connectivity index (χ1v) is 4.73. The number of rotatable bonds is 0. The standard InChI is InChI=1S/C13H15/c1-8-5-10(3)13-11(4)9(2)7-12(13)6-8/h5-7H,1-4H3. The maximum absolute atomic E-state index is 2.28. The summed E-state index contributed by atoms with van der Waals surface area (Å²) in [5.41, 5.74) is 8.45. The molecule has 0 N–H and O–H groups in total. The van der Waals surface area contributed by atoms with Crippen LogP contribution in [0, 0.1) is 20.3 Å². The van der Waals surface area contributed by atoms with Gasteiger partial charge in [-0.25, -0.2) is 0 Å². The average molecular weight is 171 g/mol. The zero-order valence-corrected chi connectivity index (χ0v) is 8.73. The van der Waals surface area contributed by atoms with Crippen LogP contribution in [0.3, 0.4) is 0 Å². The molecule has 1 aliphatic carbocycles.